The van der Waals surface area contributed by atoms with Crippen molar-refractivity contribution in [1.82, 2.24) is 15.2 Å². The van der Waals surface area contributed by atoms with Gasteiger partial charge in [0.15, 0.2) is 0 Å². The van der Waals surface area contributed by atoms with Gasteiger partial charge in [-0.25, -0.2) is 4.98 Å². The fourth-order valence-electron chi connectivity index (χ4n) is 1.91. The predicted octanol–water partition coefficient (Wildman–Crippen LogP) is 1.27. The monoisotopic (exact) mass is 307 g/mol. The quantitative estimate of drug-likeness (QED) is 0.808. The second kappa shape index (κ2) is 7.49. The van der Waals surface area contributed by atoms with E-state index in [9.17, 15) is 4.79 Å². The van der Waals surface area contributed by atoms with Gasteiger partial charge in [-0.3, -0.25) is 9.69 Å². The zero-order valence-corrected chi connectivity index (χ0v) is 13.2. The van der Waals surface area contributed by atoms with E-state index in [1.807, 2.05) is 37.1 Å². The number of amides is 1. The van der Waals surface area contributed by atoms with Crippen LogP contribution in [0.5, 0.6) is 0 Å². The van der Waals surface area contributed by atoms with Crippen LogP contribution in [0.4, 0.5) is 0 Å². The second-order valence-electron chi connectivity index (χ2n) is 5.12. The Balaban J connectivity index is 1.77. The van der Waals surface area contributed by atoms with Crippen LogP contribution in [0.3, 0.4) is 0 Å². The standard InChI is InChI=1S/C15H21N3O2S/c1-11(10-19)18(2)9-14(20)16-8-7-15-17-12-5-3-4-6-13(12)21-15/h3-6,11,19H,7-10H2,1-2H3,(H,16,20). The van der Waals surface area contributed by atoms with Gasteiger partial charge >= 0.3 is 0 Å². The number of aromatic nitrogens is 1. The highest BCUT2D eigenvalue weighted by Gasteiger charge is 2.12. The summed E-state index contributed by atoms with van der Waals surface area (Å²) in [4.78, 5) is 18.1. The predicted molar refractivity (Wildman–Crippen MR) is 85.5 cm³/mol. The number of likely N-dealkylation sites (N-methyl/N-ethyl adjacent to an activating group) is 1. The summed E-state index contributed by atoms with van der Waals surface area (Å²) in [6.45, 7) is 2.81. The van der Waals surface area contributed by atoms with Gasteiger partial charge in [-0.2, -0.15) is 0 Å². The molecule has 0 saturated carbocycles. The molecule has 0 saturated heterocycles. The Bertz CT molecular complexity index is 566. The molecular formula is C15H21N3O2S. The Morgan fingerprint density at radius 1 is 1.48 bits per heavy atom. The van der Waals surface area contributed by atoms with Crippen LogP contribution < -0.4 is 5.32 Å². The molecule has 1 amide bonds. The van der Waals surface area contributed by atoms with Crippen molar-refractivity contribution in [2.45, 2.75) is 19.4 Å². The van der Waals surface area contributed by atoms with E-state index < -0.39 is 0 Å². The van der Waals surface area contributed by atoms with Crippen molar-refractivity contribution < 1.29 is 9.90 Å². The number of carbonyl (C=O) groups is 1. The maximum Gasteiger partial charge on any atom is 0.234 e. The maximum atomic E-state index is 11.8. The van der Waals surface area contributed by atoms with Crippen LogP contribution in [-0.4, -0.2) is 53.7 Å². The molecule has 1 aromatic carbocycles. The molecule has 2 N–H and O–H groups in total. The third-order valence-corrected chi connectivity index (χ3v) is 4.51. The molecule has 0 radical (unpaired) electrons. The van der Waals surface area contributed by atoms with E-state index in [4.69, 9.17) is 5.11 Å². The highest BCUT2D eigenvalue weighted by atomic mass is 32.1. The largest absolute Gasteiger partial charge is 0.395 e. The average molecular weight is 307 g/mol. The van der Waals surface area contributed by atoms with E-state index >= 15 is 0 Å². The van der Waals surface area contributed by atoms with Crippen LogP contribution in [0.15, 0.2) is 24.3 Å². The normalized spacial score (nSPS) is 12.8. The number of aliphatic hydroxyl groups excluding tert-OH is 1. The molecule has 2 rings (SSSR count). The van der Waals surface area contributed by atoms with Gasteiger partial charge in [0.05, 0.1) is 28.4 Å². The zero-order valence-electron chi connectivity index (χ0n) is 12.4. The highest BCUT2D eigenvalue weighted by Crippen LogP contribution is 2.21. The summed E-state index contributed by atoms with van der Waals surface area (Å²) in [6.07, 6.45) is 0.740. The van der Waals surface area contributed by atoms with Gasteiger partial charge in [-0.05, 0) is 26.1 Å². The van der Waals surface area contributed by atoms with E-state index in [1.165, 1.54) is 4.70 Å². The Morgan fingerprint density at radius 2 is 2.24 bits per heavy atom. The number of para-hydroxylation sites is 1. The number of thiazole rings is 1. The van der Waals surface area contributed by atoms with Gasteiger partial charge in [-0.15, -0.1) is 11.3 Å². The molecule has 0 spiro atoms. The number of hydrogen-bond donors (Lipinski definition) is 2. The number of benzene rings is 1. The summed E-state index contributed by atoms with van der Waals surface area (Å²) in [5.41, 5.74) is 1.01. The fraction of sp³-hybridized carbons (Fsp3) is 0.467. The van der Waals surface area contributed by atoms with Crippen LogP contribution in [0.1, 0.15) is 11.9 Å². The molecule has 1 aromatic heterocycles. The molecule has 6 heteroatoms. The molecule has 1 atom stereocenters. The average Bonchev–Trinajstić information content (AvgIpc) is 2.88. The summed E-state index contributed by atoms with van der Waals surface area (Å²) in [6, 6.07) is 8.02. The molecule has 5 nitrogen and oxygen atoms in total. The Labute approximate surface area is 128 Å². The summed E-state index contributed by atoms with van der Waals surface area (Å²) in [5.74, 6) is -0.0288. The van der Waals surface area contributed by atoms with Crippen molar-refractivity contribution in [2.24, 2.45) is 0 Å². The minimum absolute atomic E-state index is 0.0139. The van der Waals surface area contributed by atoms with E-state index in [2.05, 4.69) is 16.4 Å². The number of fused-ring (bicyclic) bond motifs is 1. The molecule has 0 aliphatic rings. The summed E-state index contributed by atoms with van der Waals surface area (Å²) >= 11 is 1.67. The Hall–Kier alpha value is -1.50. The van der Waals surface area contributed by atoms with Gasteiger partial charge in [0.1, 0.15) is 0 Å². The third kappa shape index (κ3) is 4.49. The first-order chi connectivity index (χ1) is 10.1. The molecule has 114 valence electrons. The SMILES string of the molecule is CC(CO)N(C)CC(=O)NCCc1nc2ccccc2s1. The van der Waals surface area contributed by atoms with E-state index in [1.54, 1.807) is 11.3 Å². The lowest BCUT2D eigenvalue weighted by Gasteiger charge is -2.21. The van der Waals surface area contributed by atoms with Crippen molar-refractivity contribution >= 4 is 27.5 Å². The molecule has 0 bridgehead atoms. The lowest BCUT2D eigenvalue weighted by atomic mass is 10.3. The Morgan fingerprint density at radius 3 is 2.95 bits per heavy atom. The highest BCUT2D eigenvalue weighted by molar-refractivity contribution is 7.18. The lowest BCUT2D eigenvalue weighted by molar-refractivity contribution is -0.122. The smallest absolute Gasteiger partial charge is 0.234 e. The van der Waals surface area contributed by atoms with Gasteiger partial charge < -0.3 is 10.4 Å². The van der Waals surface area contributed by atoms with Gasteiger partial charge in [0.25, 0.3) is 0 Å². The van der Waals surface area contributed by atoms with Crippen LogP contribution in [0.25, 0.3) is 10.2 Å². The lowest BCUT2D eigenvalue weighted by Crippen LogP contribution is -2.41. The molecular weight excluding hydrogens is 286 g/mol. The first-order valence-electron chi connectivity index (χ1n) is 7.02. The second-order valence-corrected chi connectivity index (χ2v) is 6.24. The molecule has 1 unspecified atom stereocenters. The number of carbonyl (C=O) groups excluding carboxylic acids is 1. The topological polar surface area (TPSA) is 65.5 Å². The van der Waals surface area contributed by atoms with E-state index in [0.29, 0.717) is 13.1 Å². The zero-order chi connectivity index (χ0) is 15.2. The van der Waals surface area contributed by atoms with Gasteiger partial charge in [0.2, 0.25) is 5.91 Å². The van der Waals surface area contributed by atoms with Crippen molar-refractivity contribution in [3.63, 3.8) is 0 Å². The van der Waals surface area contributed by atoms with Crippen molar-refractivity contribution in [3.05, 3.63) is 29.3 Å². The maximum absolute atomic E-state index is 11.8. The van der Waals surface area contributed by atoms with Crippen molar-refractivity contribution in [2.75, 3.05) is 26.7 Å². The van der Waals surface area contributed by atoms with Crippen molar-refractivity contribution in [1.29, 1.82) is 0 Å². The van der Waals surface area contributed by atoms with Crippen molar-refractivity contribution in [3.8, 4) is 0 Å². The summed E-state index contributed by atoms with van der Waals surface area (Å²) < 4.78 is 1.18. The number of nitrogens with one attached hydrogen (secondary N) is 1. The molecule has 21 heavy (non-hydrogen) atoms. The summed E-state index contributed by atoms with van der Waals surface area (Å²) in [7, 11) is 1.83. The first-order valence-corrected chi connectivity index (χ1v) is 7.84. The Kier molecular flexibility index (Phi) is 5.67. The number of aliphatic hydroxyl groups is 1. The van der Waals surface area contributed by atoms with Crippen LogP contribution in [-0.2, 0) is 11.2 Å². The van der Waals surface area contributed by atoms with Crippen LogP contribution in [0.2, 0.25) is 0 Å². The van der Waals surface area contributed by atoms with Gasteiger partial charge in [0, 0.05) is 19.0 Å². The molecule has 2 aromatic rings. The third-order valence-electron chi connectivity index (χ3n) is 3.41. The van der Waals surface area contributed by atoms with Gasteiger partial charge in [-0.1, -0.05) is 12.1 Å². The summed E-state index contributed by atoms with van der Waals surface area (Å²) in [5, 5.41) is 13.0. The van der Waals surface area contributed by atoms with Crippen LogP contribution in [0, 0.1) is 0 Å². The number of hydrogen-bond acceptors (Lipinski definition) is 5. The van der Waals surface area contributed by atoms with E-state index in [-0.39, 0.29) is 18.6 Å². The molecule has 1 heterocycles. The minimum Gasteiger partial charge on any atom is -0.395 e. The number of nitrogens with zero attached hydrogens (tertiary/aromatic N) is 2. The van der Waals surface area contributed by atoms with Crippen LogP contribution >= 0.6 is 11.3 Å². The molecule has 0 aliphatic heterocycles. The fourth-order valence-corrected chi connectivity index (χ4v) is 2.88. The first kappa shape index (κ1) is 15.9. The molecule has 0 aliphatic carbocycles. The molecule has 0 fully saturated rings. The van der Waals surface area contributed by atoms with E-state index in [0.717, 1.165) is 16.9 Å². The minimum atomic E-state index is -0.0288. The number of rotatable bonds is 7.